The van der Waals surface area contributed by atoms with Gasteiger partial charge in [-0.2, -0.15) is 0 Å². The van der Waals surface area contributed by atoms with E-state index in [0.29, 0.717) is 16.5 Å². The molecule has 1 aromatic heterocycles. The van der Waals surface area contributed by atoms with Crippen LogP contribution >= 0.6 is 11.8 Å². The van der Waals surface area contributed by atoms with Gasteiger partial charge in [0.15, 0.2) is 5.16 Å². The van der Waals surface area contributed by atoms with E-state index in [1.54, 1.807) is 23.6 Å². The van der Waals surface area contributed by atoms with Crippen LogP contribution in [0.15, 0.2) is 35.6 Å². The van der Waals surface area contributed by atoms with Crippen molar-refractivity contribution in [3.63, 3.8) is 0 Å². The second kappa shape index (κ2) is 6.73. The molecule has 112 valence electrons. The normalized spacial score (nSPS) is 12.2. The van der Waals surface area contributed by atoms with Crippen LogP contribution < -0.4 is 5.32 Å². The monoisotopic (exact) mass is 309 g/mol. The summed E-state index contributed by atoms with van der Waals surface area (Å²) in [5, 5.41) is 12.3. The van der Waals surface area contributed by atoms with Gasteiger partial charge in [0.05, 0.1) is 12.8 Å². The van der Waals surface area contributed by atoms with Crippen LogP contribution in [0.1, 0.15) is 17.4 Å². The van der Waals surface area contributed by atoms with Gasteiger partial charge < -0.3 is 10.4 Å². The van der Waals surface area contributed by atoms with E-state index < -0.39 is 0 Å². The number of aliphatic hydroxyl groups is 1. The maximum Gasteiger partial charge on any atom is 0.270 e. The lowest BCUT2D eigenvalue weighted by Crippen LogP contribution is -2.36. The van der Waals surface area contributed by atoms with Crippen LogP contribution in [0.3, 0.4) is 0 Å². The molecule has 0 saturated heterocycles. The summed E-state index contributed by atoms with van der Waals surface area (Å²) in [7, 11) is 0. The molecule has 1 heterocycles. The van der Waals surface area contributed by atoms with Crippen LogP contribution in [0.25, 0.3) is 5.69 Å². The summed E-state index contributed by atoms with van der Waals surface area (Å²) in [5.74, 6) is -0.682. The molecule has 5 nitrogen and oxygen atoms in total. The Morgan fingerprint density at radius 1 is 1.48 bits per heavy atom. The zero-order chi connectivity index (χ0) is 15.4. The third-order valence-electron chi connectivity index (χ3n) is 2.88. The van der Waals surface area contributed by atoms with Crippen molar-refractivity contribution in [3.05, 3.63) is 42.0 Å². The van der Waals surface area contributed by atoms with Gasteiger partial charge in [0, 0.05) is 11.7 Å². The zero-order valence-electron chi connectivity index (χ0n) is 11.7. The van der Waals surface area contributed by atoms with Crippen LogP contribution in [0.2, 0.25) is 0 Å². The van der Waals surface area contributed by atoms with Gasteiger partial charge in [0.25, 0.3) is 5.91 Å². The summed E-state index contributed by atoms with van der Waals surface area (Å²) in [6.07, 6.45) is 3.31. The Balaban J connectivity index is 2.41. The molecule has 2 aromatic rings. The number of benzene rings is 1. The molecule has 2 rings (SSSR count). The highest BCUT2D eigenvalue weighted by Gasteiger charge is 2.18. The van der Waals surface area contributed by atoms with Crippen molar-refractivity contribution in [3.8, 4) is 5.69 Å². The van der Waals surface area contributed by atoms with Gasteiger partial charge in [-0.25, -0.2) is 9.37 Å². The molecule has 0 bridgehead atoms. The average Bonchev–Trinajstić information content (AvgIpc) is 2.91. The quantitative estimate of drug-likeness (QED) is 0.827. The van der Waals surface area contributed by atoms with Gasteiger partial charge >= 0.3 is 0 Å². The van der Waals surface area contributed by atoms with E-state index in [4.69, 9.17) is 5.11 Å². The predicted molar refractivity (Wildman–Crippen MR) is 79.3 cm³/mol. The first kappa shape index (κ1) is 15.5. The highest BCUT2D eigenvalue weighted by molar-refractivity contribution is 7.98. The van der Waals surface area contributed by atoms with Gasteiger partial charge in [0.2, 0.25) is 0 Å². The molecule has 1 aromatic carbocycles. The number of hydrogen-bond acceptors (Lipinski definition) is 4. The highest BCUT2D eigenvalue weighted by Crippen LogP contribution is 2.22. The van der Waals surface area contributed by atoms with Crippen molar-refractivity contribution in [2.24, 2.45) is 0 Å². The number of nitrogens with zero attached hydrogens (tertiary/aromatic N) is 2. The van der Waals surface area contributed by atoms with E-state index in [1.807, 2.05) is 6.26 Å². The number of rotatable bonds is 5. The molecule has 0 radical (unpaired) electrons. The summed E-state index contributed by atoms with van der Waals surface area (Å²) >= 11 is 1.39. The topological polar surface area (TPSA) is 67.2 Å². The lowest BCUT2D eigenvalue weighted by atomic mass is 10.3. The second-order valence-corrected chi connectivity index (χ2v) is 5.27. The van der Waals surface area contributed by atoms with Crippen molar-refractivity contribution in [1.29, 1.82) is 0 Å². The Kier molecular flexibility index (Phi) is 4.98. The van der Waals surface area contributed by atoms with E-state index in [-0.39, 0.29) is 24.4 Å². The average molecular weight is 309 g/mol. The van der Waals surface area contributed by atoms with E-state index in [0.717, 1.165) is 0 Å². The molecular formula is C14H16FN3O2S. The molecule has 21 heavy (non-hydrogen) atoms. The van der Waals surface area contributed by atoms with Crippen LogP contribution in [0.5, 0.6) is 0 Å². The first-order valence-corrected chi connectivity index (χ1v) is 7.58. The van der Waals surface area contributed by atoms with Crippen molar-refractivity contribution >= 4 is 17.7 Å². The SMILES string of the molecule is CSc1ncc(C(=O)NC(C)CO)n1-c1ccc(F)cc1. The van der Waals surface area contributed by atoms with Gasteiger partial charge in [0.1, 0.15) is 11.5 Å². The predicted octanol–water partition coefficient (Wildman–Crippen LogP) is 1.84. The van der Waals surface area contributed by atoms with Gasteiger partial charge in [-0.15, -0.1) is 0 Å². The fourth-order valence-electron chi connectivity index (χ4n) is 1.82. The standard InChI is InChI=1S/C14H16FN3O2S/c1-9(8-19)17-13(20)12-7-16-14(21-2)18(12)11-5-3-10(15)4-6-11/h3-7,9,19H,8H2,1-2H3,(H,17,20). The van der Waals surface area contributed by atoms with Gasteiger partial charge in [-0.3, -0.25) is 9.36 Å². The fourth-order valence-corrected chi connectivity index (χ4v) is 2.37. The molecule has 0 aliphatic rings. The minimum absolute atomic E-state index is 0.147. The Labute approximate surface area is 126 Å². The van der Waals surface area contributed by atoms with E-state index in [1.165, 1.54) is 30.1 Å². The lowest BCUT2D eigenvalue weighted by molar-refractivity contribution is 0.0915. The summed E-state index contributed by atoms with van der Waals surface area (Å²) in [5.41, 5.74) is 0.992. The number of thioether (sulfide) groups is 1. The summed E-state index contributed by atoms with van der Waals surface area (Å²) < 4.78 is 14.7. The molecule has 2 N–H and O–H groups in total. The van der Waals surface area contributed by atoms with Crippen molar-refractivity contribution in [2.45, 2.75) is 18.1 Å². The zero-order valence-corrected chi connectivity index (χ0v) is 12.5. The van der Waals surface area contributed by atoms with E-state index in [9.17, 15) is 9.18 Å². The molecule has 0 aliphatic carbocycles. The molecular weight excluding hydrogens is 293 g/mol. The number of halogens is 1. The Hall–Kier alpha value is -1.86. The number of amides is 1. The Morgan fingerprint density at radius 3 is 2.71 bits per heavy atom. The van der Waals surface area contributed by atoms with Crippen LogP contribution in [0, 0.1) is 5.82 Å². The molecule has 0 fully saturated rings. The third kappa shape index (κ3) is 3.43. The Morgan fingerprint density at radius 2 is 2.14 bits per heavy atom. The molecule has 0 aliphatic heterocycles. The number of carbonyl (C=O) groups is 1. The van der Waals surface area contributed by atoms with Gasteiger partial charge in [-0.1, -0.05) is 11.8 Å². The fraction of sp³-hybridized carbons (Fsp3) is 0.286. The summed E-state index contributed by atoms with van der Waals surface area (Å²) in [6.45, 7) is 1.55. The molecule has 1 atom stereocenters. The van der Waals surface area contributed by atoms with Crippen LogP contribution in [-0.2, 0) is 0 Å². The maximum absolute atomic E-state index is 13.1. The second-order valence-electron chi connectivity index (χ2n) is 4.50. The van der Waals surface area contributed by atoms with Crippen molar-refractivity contribution < 1.29 is 14.3 Å². The number of aliphatic hydroxyl groups excluding tert-OH is 1. The maximum atomic E-state index is 13.1. The Bertz CT molecular complexity index is 628. The largest absolute Gasteiger partial charge is 0.394 e. The van der Waals surface area contributed by atoms with E-state index >= 15 is 0 Å². The van der Waals surface area contributed by atoms with Crippen molar-refractivity contribution in [1.82, 2.24) is 14.9 Å². The number of carbonyl (C=O) groups excluding carboxylic acids is 1. The number of aromatic nitrogens is 2. The smallest absolute Gasteiger partial charge is 0.270 e. The molecule has 0 saturated carbocycles. The number of nitrogens with one attached hydrogen (secondary N) is 1. The first-order chi connectivity index (χ1) is 10.1. The minimum atomic E-state index is -0.355. The van der Waals surface area contributed by atoms with E-state index in [2.05, 4.69) is 10.3 Å². The highest BCUT2D eigenvalue weighted by atomic mass is 32.2. The molecule has 1 unspecified atom stereocenters. The van der Waals surface area contributed by atoms with Crippen molar-refractivity contribution in [2.75, 3.05) is 12.9 Å². The summed E-state index contributed by atoms with van der Waals surface area (Å²) in [6, 6.07) is 5.48. The minimum Gasteiger partial charge on any atom is -0.394 e. The molecule has 0 spiro atoms. The van der Waals surface area contributed by atoms with Crippen LogP contribution in [-0.4, -0.2) is 39.5 Å². The number of hydrogen-bond donors (Lipinski definition) is 2. The summed E-state index contributed by atoms with van der Waals surface area (Å²) in [4.78, 5) is 16.4. The van der Waals surface area contributed by atoms with Crippen LogP contribution in [0.4, 0.5) is 4.39 Å². The lowest BCUT2D eigenvalue weighted by Gasteiger charge is -2.13. The molecule has 1 amide bonds. The number of imidazole rings is 1. The molecule has 7 heteroatoms. The van der Waals surface area contributed by atoms with Gasteiger partial charge in [-0.05, 0) is 37.4 Å². The first-order valence-electron chi connectivity index (χ1n) is 6.36. The third-order valence-corrected chi connectivity index (χ3v) is 3.53.